The molecular weight excluding hydrogens is 258 g/mol. The molecule has 1 aromatic heterocycles. The fourth-order valence-electron chi connectivity index (χ4n) is 1.63. The Hall–Kier alpha value is -2.60. The van der Waals surface area contributed by atoms with Gasteiger partial charge in [-0.3, -0.25) is 9.59 Å². The molecule has 1 amide bonds. The number of nitrogens with one attached hydrogen (secondary N) is 2. The van der Waals surface area contributed by atoms with E-state index < -0.39 is 0 Å². The van der Waals surface area contributed by atoms with Crippen LogP contribution in [0.1, 0.15) is 10.4 Å². The quantitative estimate of drug-likeness (QED) is 0.756. The molecule has 1 aromatic carbocycles. The predicted molar refractivity (Wildman–Crippen MR) is 76.0 cm³/mol. The fraction of sp³-hybridized carbons (Fsp3) is 0.143. The number of anilines is 1. The van der Waals surface area contributed by atoms with Crippen LogP contribution in [0.2, 0.25) is 0 Å². The number of carbonyl (C=O) groups is 1. The molecule has 0 saturated heterocycles. The highest BCUT2D eigenvalue weighted by Gasteiger charge is 2.07. The SMILES string of the molecule is NCCOc1cccc(NC(=O)c2cc[nH]c(=O)c2)c1. The molecule has 4 N–H and O–H groups in total. The topological polar surface area (TPSA) is 97.2 Å². The Morgan fingerprint density at radius 3 is 2.90 bits per heavy atom. The van der Waals surface area contributed by atoms with E-state index in [1.807, 2.05) is 0 Å². The number of nitrogens with two attached hydrogens (primary N) is 1. The lowest BCUT2D eigenvalue weighted by Gasteiger charge is -2.08. The molecule has 0 bridgehead atoms. The molecule has 0 aliphatic rings. The van der Waals surface area contributed by atoms with Crippen LogP contribution in [-0.2, 0) is 0 Å². The van der Waals surface area contributed by atoms with E-state index in [-0.39, 0.29) is 11.5 Å². The van der Waals surface area contributed by atoms with Crippen LogP contribution in [-0.4, -0.2) is 24.0 Å². The van der Waals surface area contributed by atoms with Gasteiger partial charge in [-0.1, -0.05) is 6.07 Å². The van der Waals surface area contributed by atoms with E-state index in [1.54, 1.807) is 24.3 Å². The monoisotopic (exact) mass is 273 g/mol. The summed E-state index contributed by atoms with van der Waals surface area (Å²) in [6.07, 6.45) is 1.43. The fourth-order valence-corrected chi connectivity index (χ4v) is 1.63. The lowest BCUT2D eigenvalue weighted by Crippen LogP contribution is -2.15. The van der Waals surface area contributed by atoms with Crippen molar-refractivity contribution < 1.29 is 9.53 Å². The summed E-state index contributed by atoms with van der Waals surface area (Å²) in [7, 11) is 0. The summed E-state index contributed by atoms with van der Waals surface area (Å²) in [5.41, 5.74) is 5.92. The number of carbonyl (C=O) groups excluding carboxylic acids is 1. The van der Waals surface area contributed by atoms with Gasteiger partial charge in [0.25, 0.3) is 5.91 Å². The number of rotatable bonds is 5. The van der Waals surface area contributed by atoms with Gasteiger partial charge in [-0.2, -0.15) is 0 Å². The Kier molecular flexibility index (Phi) is 4.52. The second-order valence-electron chi connectivity index (χ2n) is 4.06. The molecular formula is C14H15N3O3. The minimum Gasteiger partial charge on any atom is -0.492 e. The molecule has 20 heavy (non-hydrogen) atoms. The Morgan fingerprint density at radius 2 is 2.15 bits per heavy atom. The van der Waals surface area contributed by atoms with E-state index >= 15 is 0 Å². The maximum Gasteiger partial charge on any atom is 0.255 e. The van der Waals surface area contributed by atoms with Gasteiger partial charge in [0.15, 0.2) is 0 Å². The number of aromatic amines is 1. The van der Waals surface area contributed by atoms with Gasteiger partial charge in [0.05, 0.1) is 0 Å². The average Bonchev–Trinajstić information content (AvgIpc) is 2.45. The van der Waals surface area contributed by atoms with E-state index in [0.717, 1.165) is 0 Å². The van der Waals surface area contributed by atoms with Crippen molar-refractivity contribution in [3.05, 3.63) is 58.5 Å². The van der Waals surface area contributed by atoms with Crippen LogP contribution in [0.4, 0.5) is 5.69 Å². The first-order valence-electron chi connectivity index (χ1n) is 6.12. The number of aromatic nitrogens is 1. The highest BCUT2D eigenvalue weighted by atomic mass is 16.5. The zero-order valence-electron chi connectivity index (χ0n) is 10.8. The lowest BCUT2D eigenvalue weighted by atomic mass is 10.2. The van der Waals surface area contributed by atoms with Crippen LogP contribution in [0.3, 0.4) is 0 Å². The first-order valence-corrected chi connectivity index (χ1v) is 6.12. The summed E-state index contributed by atoms with van der Waals surface area (Å²) in [4.78, 5) is 25.6. The first-order chi connectivity index (χ1) is 9.69. The van der Waals surface area contributed by atoms with Crippen LogP contribution in [0, 0.1) is 0 Å². The molecule has 1 heterocycles. The normalized spacial score (nSPS) is 10.1. The van der Waals surface area contributed by atoms with Gasteiger partial charge in [0, 0.05) is 36.1 Å². The van der Waals surface area contributed by atoms with Crippen molar-refractivity contribution in [3.63, 3.8) is 0 Å². The maximum atomic E-state index is 12.0. The molecule has 104 valence electrons. The number of pyridine rings is 1. The smallest absolute Gasteiger partial charge is 0.255 e. The maximum absolute atomic E-state index is 12.0. The number of ether oxygens (including phenoxy) is 1. The van der Waals surface area contributed by atoms with Gasteiger partial charge < -0.3 is 20.8 Å². The molecule has 0 unspecified atom stereocenters. The van der Waals surface area contributed by atoms with E-state index in [0.29, 0.717) is 30.2 Å². The van der Waals surface area contributed by atoms with Crippen molar-refractivity contribution in [1.82, 2.24) is 4.98 Å². The molecule has 2 rings (SSSR count). The Bertz CT molecular complexity index is 652. The van der Waals surface area contributed by atoms with Crippen LogP contribution in [0.25, 0.3) is 0 Å². The summed E-state index contributed by atoms with van der Waals surface area (Å²) in [6.45, 7) is 0.828. The van der Waals surface area contributed by atoms with Crippen molar-refractivity contribution in [1.29, 1.82) is 0 Å². The molecule has 0 aliphatic carbocycles. The van der Waals surface area contributed by atoms with Gasteiger partial charge in [0.2, 0.25) is 5.56 Å². The second-order valence-corrected chi connectivity index (χ2v) is 4.06. The predicted octanol–water partition coefficient (Wildman–Crippen LogP) is 0.965. The zero-order chi connectivity index (χ0) is 14.4. The lowest BCUT2D eigenvalue weighted by molar-refractivity contribution is 0.102. The first kappa shape index (κ1) is 13.8. The minimum absolute atomic E-state index is 0.294. The van der Waals surface area contributed by atoms with Crippen molar-refractivity contribution in [2.75, 3.05) is 18.5 Å². The van der Waals surface area contributed by atoms with Gasteiger partial charge in [-0.05, 0) is 18.2 Å². The van der Waals surface area contributed by atoms with E-state index in [9.17, 15) is 9.59 Å². The molecule has 0 aliphatic heterocycles. The molecule has 2 aromatic rings. The number of benzene rings is 1. The van der Waals surface area contributed by atoms with Crippen molar-refractivity contribution >= 4 is 11.6 Å². The van der Waals surface area contributed by atoms with Gasteiger partial charge in [-0.15, -0.1) is 0 Å². The van der Waals surface area contributed by atoms with Crippen molar-refractivity contribution in [3.8, 4) is 5.75 Å². The molecule has 0 saturated carbocycles. The molecule has 0 spiro atoms. The number of hydrogen-bond donors (Lipinski definition) is 3. The standard InChI is InChI=1S/C14H15N3O3/c15-5-7-20-12-3-1-2-11(9-12)17-14(19)10-4-6-16-13(18)8-10/h1-4,6,8-9H,5,7,15H2,(H,16,18)(H,17,19). The summed E-state index contributed by atoms with van der Waals surface area (Å²) in [5.74, 6) is 0.270. The third-order valence-electron chi connectivity index (χ3n) is 2.52. The van der Waals surface area contributed by atoms with Crippen LogP contribution < -0.4 is 21.3 Å². The Morgan fingerprint density at radius 1 is 1.30 bits per heavy atom. The van der Waals surface area contributed by atoms with Gasteiger partial charge in [0.1, 0.15) is 12.4 Å². The molecule has 0 atom stereocenters. The van der Waals surface area contributed by atoms with Crippen LogP contribution in [0.5, 0.6) is 5.75 Å². The van der Waals surface area contributed by atoms with Crippen molar-refractivity contribution in [2.45, 2.75) is 0 Å². The molecule has 6 heteroatoms. The Labute approximate surface area is 115 Å². The summed E-state index contributed by atoms with van der Waals surface area (Å²) in [5, 5.41) is 2.70. The summed E-state index contributed by atoms with van der Waals surface area (Å²) >= 11 is 0. The van der Waals surface area contributed by atoms with Crippen LogP contribution >= 0.6 is 0 Å². The van der Waals surface area contributed by atoms with E-state index in [2.05, 4.69) is 10.3 Å². The number of hydrogen-bond acceptors (Lipinski definition) is 4. The highest BCUT2D eigenvalue weighted by Crippen LogP contribution is 2.17. The largest absolute Gasteiger partial charge is 0.492 e. The van der Waals surface area contributed by atoms with Gasteiger partial charge in [-0.25, -0.2) is 0 Å². The Balaban J connectivity index is 2.09. The number of H-pyrrole nitrogens is 1. The second kappa shape index (κ2) is 6.53. The van der Waals surface area contributed by atoms with E-state index in [1.165, 1.54) is 18.3 Å². The summed E-state index contributed by atoms with van der Waals surface area (Å²) in [6, 6.07) is 9.74. The minimum atomic E-state index is -0.355. The summed E-state index contributed by atoms with van der Waals surface area (Å²) < 4.78 is 5.37. The van der Waals surface area contributed by atoms with Crippen molar-refractivity contribution in [2.24, 2.45) is 5.73 Å². The third kappa shape index (κ3) is 3.69. The average molecular weight is 273 g/mol. The molecule has 6 nitrogen and oxygen atoms in total. The number of amides is 1. The van der Waals surface area contributed by atoms with Gasteiger partial charge >= 0.3 is 0 Å². The molecule has 0 radical (unpaired) electrons. The molecule has 0 fully saturated rings. The van der Waals surface area contributed by atoms with Crippen LogP contribution in [0.15, 0.2) is 47.4 Å². The highest BCUT2D eigenvalue weighted by molar-refractivity contribution is 6.04. The third-order valence-corrected chi connectivity index (χ3v) is 2.52. The zero-order valence-corrected chi connectivity index (χ0v) is 10.8. The van der Waals surface area contributed by atoms with E-state index in [4.69, 9.17) is 10.5 Å².